The van der Waals surface area contributed by atoms with Crippen LogP contribution in [0, 0.1) is 0 Å². The molecule has 0 aliphatic heterocycles. The lowest BCUT2D eigenvalue weighted by Crippen LogP contribution is -2.30. The maximum absolute atomic E-state index is 12.4. The molecule has 1 atom stereocenters. The molecule has 0 radical (unpaired) electrons. The SMILES string of the molecule is CCN(c1ccc(C(=O)N[C@@H](C)c2nncn2C)cc1)C(C)C. The predicted octanol–water partition coefficient (Wildman–Crippen LogP) is 2.54. The Morgan fingerprint density at radius 3 is 2.39 bits per heavy atom. The topological polar surface area (TPSA) is 63.1 Å². The number of hydrogen-bond donors (Lipinski definition) is 1. The lowest BCUT2D eigenvalue weighted by molar-refractivity contribution is 0.0938. The van der Waals surface area contributed by atoms with E-state index in [1.54, 1.807) is 10.9 Å². The second-order valence-electron chi connectivity index (χ2n) is 5.92. The summed E-state index contributed by atoms with van der Waals surface area (Å²) in [5, 5.41) is 10.8. The van der Waals surface area contributed by atoms with E-state index in [1.165, 1.54) is 0 Å². The predicted molar refractivity (Wildman–Crippen MR) is 91.5 cm³/mol. The highest BCUT2D eigenvalue weighted by atomic mass is 16.1. The van der Waals surface area contributed by atoms with Crippen molar-refractivity contribution in [3.63, 3.8) is 0 Å². The van der Waals surface area contributed by atoms with Crippen LogP contribution in [0.4, 0.5) is 5.69 Å². The van der Waals surface area contributed by atoms with Gasteiger partial charge in [0.25, 0.3) is 5.91 Å². The number of rotatable bonds is 6. The maximum Gasteiger partial charge on any atom is 0.251 e. The number of nitrogens with zero attached hydrogens (tertiary/aromatic N) is 4. The van der Waals surface area contributed by atoms with Gasteiger partial charge in [-0.05, 0) is 52.0 Å². The highest BCUT2D eigenvalue weighted by molar-refractivity contribution is 5.94. The summed E-state index contributed by atoms with van der Waals surface area (Å²) in [5.41, 5.74) is 1.77. The van der Waals surface area contributed by atoms with E-state index in [2.05, 4.69) is 41.2 Å². The molecule has 1 amide bonds. The molecule has 1 aromatic carbocycles. The number of nitrogens with one attached hydrogen (secondary N) is 1. The highest BCUT2D eigenvalue weighted by Gasteiger charge is 2.16. The Balaban J connectivity index is 2.07. The second kappa shape index (κ2) is 7.26. The molecule has 0 aliphatic rings. The molecule has 1 N–H and O–H groups in total. The van der Waals surface area contributed by atoms with E-state index in [1.807, 2.05) is 38.2 Å². The Morgan fingerprint density at radius 2 is 1.91 bits per heavy atom. The second-order valence-corrected chi connectivity index (χ2v) is 5.92. The van der Waals surface area contributed by atoms with E-state index in [0.29, 0.717) is 11.6 Å². The van der Waals surface area contributed by atoms with Crippen LogP contribution in [0.1, 0.15) is 49.9 Å². The van der Waals surface area contributed by atoms with Gasteiger partial charge in [0, 0.05) is 30.9 Å². The fourth-order valence-corrected chi connectivity index (χ4v) is 2.68. The molecule has 1 heterocycles. The highest BCUT2D eigenvalue weighted by Crippen LogP contribution is 2.18. The van der Waals surface area contributed by atoms with Crippen molar-refractivity contribution >= 4 is 11.6 Å². The number of hydrogen-bond acceptors (Lipinski definition) is 4. The molecule has 6 heteroatoms. The average molecular weight is 315 g/mol. The van der Waals surface area contributed by atoms with E-state index in [4.69, 9.17) is 0 Å². The first kappa shape index (κ1) is 17.0. The third-order valence-corrected chi connectivity index (χ3v) is 3.91. The Morgan fingerprint density at radius 1 is 1.26 bits per heavy atom. The van der Waals surface area contributed by atoms with Crippen molar-refractivity contribution in [1.82, 2.24) is 20.1 Å². The normalized spacial score (nSPS) is 12.3. The molecule has 23 heavy (non-hydrogen) atoms. The third-order valence-electron chi connectivity index (χ3n) is 3.91. The molecule has 0 aliphatic carbocycles. The van der Waals surface area contributed by atoms with Crippen LogP contribution in [0.2, 0.25) is 0 Å². The third kappa shape index (κ3) is 3.88. The molecular weight excluding hydrogens is 290 g/mol. The first-order chi connectivity index (χ1) is 10.9. The van der Waals surface area contributed by atoms with Crippen molar-refractivity contribution in [2.45, 2.75) is 39.8 Å². The van der Waals surface area contributed by atoms with Crippen molar-refractivity contribution in [2.75, 3.05) is 11.4 Å². The van der Waals surface area contributed by atoms with E-state index >= 15 is 0 Å². The number of amides is 1. The summed E-state index contributed by atoms with van der Waals surface area (Å²) in [7, 11) is 1.86. The molecule has 1 aromatic heterocycles. The van der Waals surface area contributed by atoms with E-state index in [9.17, 15) is 4.79 Å². The Bertz CT molecular complexity index is 647. The summed E-state index contributed by atoms with van der Waals surface area (Å²) >= 11 is 0. The Labute approximate surface area is 137 Å². The molecule has 0 unspecified atom stereocenters. The van der Waals surface area contributed by atoms with Crippen molar-refractivity contribution in [3.05, 3.63) is 42.0 Å². The van der Waals surface area contributed by atoms with Gasteiger partial charge in [-0.15, -0.1) is 10.2 Å². The smallest absolute Gasteiger partial charge is 0.251 e. The van der Waals surface area contributed by atoms with Crippen molar-refractivity contribution in [3.8, 4) is 0 Å². The van der Waals surface area contributed by atoms with Crippen LogP contribution in [0.5, 0.6) is 0 Å². The van der Waals surface area contributed by atoms with E-state index < -0.39 is 0 Å². The van der Waals surface area contributed by atoms with Gasteiger partial charge in [0.2, 0.25) is 0 Å². The maximum atomic E-state index is 12.4. The Hall–Kier alpha value is -2.37. The molecule has 0 fully saturated rings. The first-order valence-corrected chi connectivity index (χ1v) is 7.95. The van der Waals surface area contributed by atoms with Gasteiger partial charge in [-0.3, -0.25) is 4.79 Å². The zero-order valence-corrected chi connectivity index (χ0v) is 14.4. The quantitative estimate of drug-likeness (QED) is 0.890. The van der Waals surface area contributed by atoms with E-state index in [-0.39, 0.29) is 11.9 Å². The Kier molecular flexibility index (Phi) is 5.36. The number of carbonyl (C=O) groups excluding carboxylic acids is 1. The van der Waals surface area contributed by atoms with Crippen LogP contribution in [-0.4, -0.2) is 33.3 Å². The number of aryl methyl sites for hydroxylation is 1. The summed E-state index contributed by atoms with van der Waals surface area (Å²) < 4.78 is 1.80. The van der Waals surface area contributed by atoms with Crippen LogP contribution in [0.3, 0.4) is 0 Å². The molecule has 6 nitrogen and oxygen atoms in total. The zero-order chi connectivity index (χ0) is 17.0. The van der Waals surface area contributed by atoms with Gasteiger partial charge in [0.05, 0.1) is 6.04 Å². The molecule has 2 rings (SSSR count). The molecule has 0 saturated carbocycles. The number of carbonyl (C=O) groups is 1. The van der Waals surface area contributed by atoms with Crippen LogP contribution in [0.15, 0.2) is 30.6 Å². The van der Waals surface area contributed by atoms with E-state index in [0.717, 1.165) is 18.1 Å². The van der Waals surface area contributed by atoms with Crippen molar-refractivity contribution < 1.29 is 4.79 Å². The summed E-state index contributed by atoms with van der Waals surface area (Å²) in [6, 6.07) is 7.93. The van der Waals surface area contributed by atoms with Crippen LogP contribution in [0.25, 0.3) is 0 Å². The molecule has 0 bridgehead atoms. The monoisotopic (exact) mass is 315 g/mol. The molecule has 2 aromatic rings. The fraction of sp³-hybridized carbons (Fsp3) is 0.471. The molecule has 124 valence electrons. The van der Waals surface area contributed by atoms with Gasteiger partial charge in [-0.25, -0.2) is 0 Å². The van der Waals surface area contributed by atoms with Crippen molar-refractivity contribution in [1.29, 1.82) is 0 Å². The van der Waals surface area contributed by atoms with Gasteiger partial charge in [-0.2, -0.15) is 0 Å². The van der Waals surface area contributed by atoms with Gasteiger partial charge < -0.3 is 14.8 Å². The fourth-order valence-electron chi connectivity index (χ4n) is 2.68. The average Bonchev–Trinajstić information content (AvgIpc) is 2.94. The number of aromatic nitrogens is 3. The lowest BCUT2D eigenvalue weighted by atomic mass is 10.1. The first-order valence-electron chi connectivity index (χ1n) is 7.95. The van der Waals surface area contributed by atoms with Gasteiger partial charge in [-0.1, -0.05) is 0 Å². The van der Waals surface area contributed by atoms with Crippen LogP contribution < -0.4 is 10.2 Å². The van der Waals surface area contributed by atoms with Crippen LogP contribution >= 0.6 is 0 Å². The molecular formula is C17H25N5O. The lowest BCUT2D eigenvalue weighted by Gasteiger charge is -2.27. The summed E-state index contributed by atoms with van der Waals surface area (Å²) in [6.07, 6.45) is 1.62. The van der Waals surface area contributed by atoms with Gasteiger partial charge in [0.15, 0.2) is 5.82 Å². The number of anilines is 1. The molecule has 0 spiro atoms. The summed E-state index contributed by atoms with van der Waals surface area (Å²) in [6.45, 7) is 9.28. The largest absolute Gasteiger partial charge is 0.369 e. The minimum atomic E-state index is -0.197. The zero-order valence-electron chi connectivity index (χ0n) is 14.4. The molecule has 0 saturated heterocycles. The minimum absolute atomic E-state index is 0.111. The standard InChI is InChI=1S/C17H25N5O/c1-6-22(12(2)3)15-9-7-14(8-10-15)17(23)19-13(4)16-20-18-11-21(16)5/h7-13H,6H2,1-5H3,(H,19,23)/t13-/m0/s1. The van der Waals surface area contributed by atoms with Gasteiger partial charge in [0.1, 0.15) is 6.33 Å². The minimum Gasteiger partial charge on any atom is -0.369 e. The van der Waals surface area contributed by atoms with Gasteiger partial charge >= 0.3 is 0 Å². The van der Waals surface area contributed by atoms with Crippen LogP contribution in [-0.2, 0) is 7.05 Å². The summed E-state index contributed by atoms with van der Waals surface area (Å²) in [5.74, 6) is 0.617. The number of benzene rings is 1. The van der Waals surface area contributed by atoms with Crippen molar-refractivity contribution in [2.24, 2.45) is 7.05 Å². The summed E-state index contributed by atoms with van der Waals surface area (Å²) in [4.78, 5) is 14.6.